The van der Waals surface area contributed by atoms with Gasteiger partial charge in [0.1, 0.15) is 11.5 Å². The Morgan fingerprint density at radius 3 is 2.56 bits per heavy atom. The fourth-order valence-electron chi connectivity index (χ4n) is 4.59. The summed E-state index contributed by atoms with van der Waals surface area (Å²) in [5.41, 5.74) is 2.22. The van der Waals surface area contributed by atoms with E-state index in [4.69, 9.17) is 19.2 Å². The standard InChI is InChI=1S/C31H25BrN2O6S/c1-4-39-30(37)26-27(19-9-6-5-7-10-19)33-31-34(28(26)20-11-8-12-23(16-20)38-3)29(36)25(41-31)17-21-15-22(32)13-14-24(21)40-18(2)35/h5-17,28H,4H2,1-3H3/b25-17-/t28-/m0/s1. The predicted molar refractivity (Wildman–Crippen MR) is 160 cm³/mol. The van der Waals surface area contributed by atoms with Gasteiger partial charge in [0.15, 0.2) is 4.80 Å². The summed E-state index contributed by atoms with van der Waals surface area (Å²) in [5, 5.41) is 0. The molecule has 1 aliphatic rings. The van der Waals surface area contributed by atoms with Crippen molar-refractivity contribution in [3.8, 4) is 11.5 Å². The molecule has 1 aliphatic heterocycles. The molecule has 1 atom stereocenters. The minimum atomic E-state index is -0.840. The molecule has 0 saturated heterocycles. The lowest BCUT2D eigenvalue weighted by atomic mass is 9.93. The third-order valence-corrected chi connectivity index (χ3v) is 7.77. The van der Waals surface area contributed by atoms with Crippen LogP contribution in [0.2, 0.25) is 0 Å². The maximum atomic E-state index is 14.1. The summed E-state index contributed by atoms with van der Waals surface area (Å²) in [6, 6.07) is 20.9. The first kappa shape index (κ1) is 28.3. The molecule has 0 spiro atoms. The first-order valence-corrected chi connectivity index (χ1v) is 14.3. The van der Waals surface area contributed by atoms with Gasteiger partial charge in [-0.2, -0.15) is 0 Å². The maximum absolute atomic E-state index is 14.1. The number of aromatic nitrogens is 1. The van der Waals surface area contributed by atoms with Gasteiger partial charge in [-0.15, -0.1) is 0 Å². The van der Waals surface area contributed by atoms with Crippen LogP contribution in [0.4, 0.5) is 0 Å². The van der Waals surface area contributed by atoms with Crippen molar-refractivity contribution in [1.82, 2.24) is 4.57 Å². The van der Waals surface area contributed by atoms with Crippen LogP contribution in [0.5, 0.6) is 11.5 Å². The van der Waals surface area contributed by atoms with Crippen LogP contribution in [0, 0.1) is 0 Å². The fourth-order valence-corrected chi connectivity index (χ4v) is 5.96. The van der Waals surface area contributed by atoms with Crippen molar-refractivity contribution < 1.29 is 23.8 Å². The Kier molecular flexibility index (Phi) is 8.32. The van der Waals surface area contributed by atoms with Gasteiger partial charge < -0.3 is 14.2 Å². The number of carbonyl (C=O) groups excluding carboxylic acids is 2. The van der Waals surface area contributed by atoms with Crippen LogP contribution in [0.15, 0.2) is 92.6 Å². The van der Waals surface area contributed by atoms with E-state index < -0.39 is 18.0 Å². The highest BCUT2D eigenvalue weighted by Gasteiger charge is 2.35. The summed E-state index contributed by atoms with van der Waals surface area (Å²) in [7, 11) is 1.56. The first-order valence-electron chi connectivity index (χ1n) is 12.7. The molecule has 208 valence electrons. The van der Waals surface area contributed by atoms with Gasteiger partial charge in [-0.1, -0.05) is 69.7 Å². The van der Waals surface area contributed by atoms with Crippen LogP contribution in [0.25, 0.3) is 11.8 Å². The SMILES string of the molecule is CCOC(=O)C1=C(c2ccccc2)N=c2s/c(=C\c3cc(Br)ccc3OC(C)=O)c(=O)n2[C@H]1c1cccc(OC)c1. The van der Waals surface area contributed by atoms with Gasteiger partial charge >= 0.3 is 11.9 Å². The smallest absolute Gasteiger partial charge is 0.338 e. The molecule has 0 unspecified atom stereocenters. The quantitative estimate of drug-likeness (QED) is 0.218. The molecule has 5 rings (SSSR count). The number of nitrogens with zero attached hydrogens (tertiary/aromatic N) is 2. The third kappa shape index (κ3) is 5.79. The van der Waals surface area contributed by atoms with E-state index in [9.17, 15) is 14.4 Å². The molecule has 0 bridgehead atoms. The average Bonchev–Trinajstić information content (AvgIpc) is 3.28. The molecule has 1 aromatic heterocycles. The van der Waals surface area contributed by atoms with E-state index in [1.54, 1.807) is 50.4 Å². The Morgan fingerprint density at radius 1 is 1.07 bits per heavy atom. The Hall–Kier alpha value is -4.28. The lowest BCUT2D eigenvalue weighted by Crippen LogP contribution is -2.40. The number of esters is 2. The van der Waals surface area contributed by atoms with Gasteiger partial charge in [0.2, 0.25) is 0 Å². The number of rotatable bonds is 7. The van der Waals surface area contributed by atoms with E-state index in [-0.39, 0.29) is 17.7 Å². The summed E-state index contributed by atoms with van der Waals surface area (Å²) in [6.45, 7) is 3.20. The van der Waals surface area contributed by atoms with E-state index in [0.717, 1.165) is 4.47 Å². The molecular formula is C31H25BrN2O6S. The molecule has 8 nitrogen and oxygen atoms in total. The molecule has 10 heteroatoms. The molecule has 4 aromatic rings. The Labute approximate surface area is 248 Å². The zero-order valence-corrected chi connectivity index (χ0v) is 24.8. The molecule has 0 saturated carbocycles. The second kappa shape index (κ2) is 12.1. The van der Waals surface area contributed by atoms with Crippen molar-refractivity contribution in [3.05, 3.63) is 119 Å². The van der Waals surface area contributed by atoms with Crippen molar-refractivity contribution in [2.75, 3.05) is 13.7 Å². The van der Waals surface area contributed by atoms with Crippen molar-refractivity contribution >= 4 is 51.0 Å². The van der Waals surface area contributed by atoms with Gasteiger partial charge in [0.25, 0.3) is 5.56 Å². The topological polar surface area (TPSA) is 96.2 Å². The van der Waals surface area contributed by atoms with Gasteiger partial charge in [-0.3, -0.25) is 14.2 Å². The first-order chi connectivity index (χ1) is 19.8. The van der Waals surface area contributed by atoms with E-state index in [2.05, 4.69) is 15.9 Å². The fraction of sp³-hybridized carbons (Fsp3) is 0.161. The minimum absolute atomic E-state index is 0.154. The molecular weight excluding hydrogens is 608 g/mol. The maximum Gasteiger partial charge on any atom is 0.338 e. The molecule has 0 N–H and O–H groups in total. The normalized spacial score (nSPS) is 14.7. The summed E-state index contributed by atoms with van der Waals surface area (Å²) < 4.78 is 19.0. The van der Waals surface area contributed by atoms with Gasteiger partial charge in [0.05, 0.1) is 35.6 Å². The number of thiazole rings is 1. The van der Waals surface area contributed by atoms with Crippen molar-refractivity contribution in [1.29, 1.82) is 0 Å². The number of benzene rings is 3. The second-order valence-corrected chi connectivity index (χ2v) is 10.9. The van der Waals surface area contributed by atoms with E-state index in [1.807, 2.05) is 42.5 Å². The lowest BCUT2D eigenvalue weighted by molar-refractivity contribution is -0.139. The zero-order valence-electron chi connectivity index (χ0n) is 22.4. The second-order valence-electron chi connectivity index (χ2n) is 8.98. The molecule has 0 aliphatic carbocycles. The van der Waals surface area contributed by atoms with Crippen LogP contribution < -0.4 is 24.4 Å². The molecule has 0 amide bonds. The summed E-state index contributed by atoms with van der Waals surface area (Å²) in [5.74, 6) is -0.159. The monoisotopic (exact) mass is 632 g/mol. The van der Waals surface area contributed by atoms with Crippen molar-refractivity contribution in [2.45, 2.75) is 19.9 Å². The average molecular weight is 634 g/mol. The Bertz CT molecular complexity index is 1860. The van der Waals surface area contributed by atoms with Crippen molar-refractivity contribution in [2.24, 2.45) is 4.99 Å². The number of hydrogen-bond acceptors (Lipinski definition) is 8. The van der Waals surface area contributed by atoms with Crippen LogP contribution in [-0.2, 0) is 14.3 Å². The molecule has 41 heavy (non-hydrogen) atoms. The number of carbonyl (C=O) groups is 2. The van der Waals surface area contributed by atoms with Crippen LogP contribution >= 0.6 is 27.3 Å². The van der Waals surface area contributed by atoms with Crippen LogP contribution in [0.1, 0.15) is 36.6 Å². The van der Waals surface area contributed by atoms with Crippen LogP contribution in [-0.4, -0.2) is 30.2 Å². The molecule has 0 fully saturated rings. The Morgan fingerprint density at radius 2 is 1.85 bits per heavy atom. The lowest BCUT2D eigenvalue weighted by Gasteiger charge is -2.26. The predicted octanol–water partition coefficient (Wildman–Crippen LogP) is 4.63. The third-order valence-electron chi connectivity index (χ3n) is 6.30. The summed E-state index contributed by atoms with van der Waals surface area (Å²) >= 11 is 4.63. The highest BCUT2D eigenvalue weighted by atomic mass is 79.9. The largest absolute Gasteiger partial charge is 0.497 e. The summed E-state index contributed by atoms with van der Waals surface area (Å²) in [6.07, 6.45) is 1.66. The van der Waals surface area contributed by atoms with Gasteiger partial charge in [0, 0.05) is 22.5 Å². The number of ether oxygens (including phenoxy) is 3. The van der Waals surface area contributed by atoms with E-state index in [0.29, 0.717) is 43.2 Å². The van der Waals surface area contributed by atoms with E-state index in [1.165, 1.54) is 22.8 Å². The minimum Gasteiger partial charge on any atom is -0.497 e. The van der Waals surface area contributed by atoms with Gasteiger partial charge in [-0.25, -0.2) is 9.79 Å². The number of hydrogen-bond donors (Lipinski definition) is 0. The molecule has 0 radical (unpaired) electrons. The molecule has 3 aromatic carbocycles. The van der Waals surface area contributed by atoms with Crippen molar-refractivity contribution in [3.63, 3.8) is 0 Å². The van der Waals surface area contributed by atoms with E-state index >= 15 is 0 Å². The number of halogens is 1. The van der Waals surface area contributed by atoms with Gasteiger partial charge in [-0.05, 0) is 48.9 Å². The highest BCUT2D eigenvalue weighted by molar-refractivity contribution is 9.10. The zero-order chi connectivity index (χ0) is 29.1. The molecule has 2 heterocycles. The Balaban J connectivity index is 1.83. The number of methoxy groups -OCH3 is 1. The highest BCUT2D eigenvalue weighted by Crippen LogP contribution is 2.36. The number of fused-ring (bicyclic) bond motifs is 1. The summed E-state index contributed by atoms with van der Waals surface area (Å²) in [4.78, 5) is 44.7. The van der Waals surface area contributed by atoms with Crippen LogP contribution in [0.3, 0.4) is 0 Å².